The molecule has 0 spiro atoms. The van der Waals surface area contributed by atoms with Gasteiger partial charge < -0.3 is 0 Å². The summed E-state index contributed by atoms with van der Waals surface area (Å²) in [5, 5.41) is 3.64. The van der Waals surface area contributed by atoms with E-state index in [0.717, 1.165) is 12.0 Å². The van der Waals surface area contributed by atoms with E-state index in [1.165, 1.54) is 4.68 Å². The van der Waals surface area contributed by atoms with Crippen molar-refractivity contribution in [2.45, 2.75) is 26.3 Å². The highest BCUT2D eigenvalue weighted by Gasteiger charge is 2.04. The molecule has 1 aromatic rings. The van der Waals surface area contributed by atoms with Gasteiger partial charge in [0.05, 0.1) is 0 Å². The third kappa shape index (κ3) is 2.29. The van der Waals surface area contributed by atoms with Gasteiger partial charge in [0.15, 0.2) is 0 Å². The Morgan fingerprint density at radius 3 is 2.91 bits per heavy atom. The second kappa shape index (κ2) is 3.46. The number of hydrogen-bond acceptors (Lipinski definition) is 1. The number of aromatic nitrogens is 2. The van der Waals surface area contributed by atoms with Crippen LogP contribution in [-0.2, 0) is 13.0 Å². The molecule has 1 radical (unpaired) electrons. The van der Waals surface area contributed by atoms with Crippen molar-refractivity contribution >= 4 is 0 Å². The molecular formula is C7H9F2N2. The van der Waals surface area contributed by atoms with Crippen LogP contribution in [0.5, 0.6) is 0 Å². The van der Waals surface area contributed by atoms with E-state index in [2.05, 4.69) is 11.3 Å². The van der Waals surface area contributed by atoms with Crippen molar-refractivity contribution in [3.8, 4) is 0 Å². The molecule has 0 saturated heterocycles. The molecule has 0 N–H and O–H groups in total. The molecule has 11 heavy (non-hydrogen) atoms. The maximum absolute atomic E-state index is 11.8. The standard InChI is InChI=1S/C7H9F2N2/c1-2-6-3-10-11(4-6)5-7(8)9/h4,7H,2,5H2,1H3. The van der Waals surface area contributed by atoms with Crippen LogP contribution in [-0.4, -0.2) is 16.2 Å². The first-order valence-corrected chi connectivity index (χ1v) is 3.44. The van der Waals surface area contributed by atoms with Gasteiger partial charge in [0.25, 0.3) is 6.43 Å². The molecule has 1 rings (SSSR count). The molecule has 0 atom stereocenters. The Bertz CT molecular complexity index is 220. The van der Waals surface area contributed by atoms with Crippen molar-refractivity contribution in [2.24, 2.45) is 0 Å². The lowest BCUT2D eigenvalue weighted by Crippen LogP contribution is -2.06. The van der Waals surface area contributed by atoms with Crippen molar-refractivity contribution in [1.29, 1.82) is 0 Å². The Morgan fingerprint density at radius 1 is 1.73 bits per heavy atom. The minimum atomic E-state index is -2.34. The Morgan fingerprint density at radius 2 is 2.45 bits per heavy atom. The first-order valence-electron chi connectivity index (χ1n) is 3.44. The zero-order valence-electron chi connectivity index (χ0n) is 6.22. The van der Waals surface area contributed by atoms with Crippen molar-refractivity contribution in [3.63, 3.8) is 0 Å². The SMILES string of the molecule is CCc1[c]nn(CC(F)F)c1. The smallest absolute Gasteiger partial charge is 0.257 e. The van der Waals surface area contributed by atoms with Crippen LogP contribution in [0.3, 0.4) is 0 Å². The van der Waals surface area contributed by atoms with E-state index in [0.29, 0.717) is 0 Å². The summed E-state index contributed by atoms with van der Waals surface area (Å²) in [5.41, 5.74) is 0.866. The zero-order valence-corrected chi connectivity index (χ0v) is 6.22. The molecule has 4 heteroatoms. The van der Waals surface area contributed by atoms with Crippen molar-refractivity contribution < 1.29 is 8.78 Å². The van der Waals surface area contributed by atoms with Crippen LogP contribution in [0.1, 0.15) is 12.5 Å². The zero-order chi connectivity index (χ0) is 8.27. The molecule has 0 fully saturated rings. The summed E-state index contributed by atoms with van der Waals surface area (Å²) in [6, 6.07) is 0. The summed E-state index contributed by atoms with van der Waals surface area (Å²) in [7, 11) is 0. The summed E-state index contributed by atoms with van der Waals surface area (Å²) in [6.45, 7) is 1.59. The van der Waals surface area contributed by atoms with E-state index >= 15 is 0 Å². The number of rotatable bonds is 3. The molecule has 61 valence electrons. The lowest BCUT2D eigenvalue weighted by molar-refractivity contribution is 0.122. The van der Waals surface area contributed by atoms with Gasteiger partial charge in [-0.3, -0.25) is 4.68 Å². The average Bonchev–Trinajstić information content (AvgIpc) is 2.34. The van der Waals surface area contributed by atoms with Crippen LogP contribution in [0, 0.1) is 6.20 Å². The van der Waals surface area contributed by atoms with Crippen LogP contribution in [0.25, 0.3) is 0 Å². The fourth-order valence-corrected chi connectivity index (χ4v) is 0.771. The van der Waals surface area contributed by atoms with Gasteiger partial charge in [-0.2, -0.15) is 5.10 Å². The first kappa shape index (κ1) is 8.17. The quantitative estimate of drug-likeness (QED) is 0.653. The number of alkyl halides is 2. The van der Waals surface area contributed by atoms with Gasteiger partial charge >= 0.3 is 0 Å². The fraction of sp³-hybridized carbons (Fsp3) is 0.571. The van der Waals surface area contributed by atoms with Gasteiger partial charge in [-0.05, 0) is 12.0 Å². The largest absolute Gasteiger partial charge is 0.266 e. The van der Waals surface area contributed by atoms with Crippen LogP contribution in [0.4, 0.5) is 8.78 Å². The second-order valence-electron chi connectivity index (χ2n) is 2.23. The molecule has 0 amide bonds. The predicted octanol–water partition coefficient (Wildman–Crippen LogP) is 1.51. The summed E-state index contributed by atoms with van der Waals surface area (Å²) >= 11 is 0. The number of nitrogens with zero attached hydrogens (tertiary/aromatic N) is 2. The molecule has 0 unspecified atom stereocenters. The van der Waals surface area contributed by atoms with Gasteiger partial charge in [0.2, 0.25) is 0 Å². The van der Waals surface area contributed by atoms with Crippen LogP contribution in [0.2, 0.25) is 0 Å². The predicted molar refractivity (Wildman–Crippen MR) is 36.4 cm³/mol. The second-order valence-corrected chi connectivity index (χ2v) is 2.23. The summed E-state index contributed by atoms with van der Waals surface area (Å²) in [5.74, 6) is 0. The van der Waals surface area contributed by atoms with Gasteiger partial charge in [-0.15, -0.1) is 0 Å². The molecule has 0 saturated carbocycles. The molecule has 1 aromatic heterocycles. The van der Waals surface area contributed by atoms with E-state index in [4.69, 9.17) is 0 Å². The summed E-state index contributed by atoms with van der Waals surface area (Å²) in [4.78, 5) is 0. The highest BCUT2D eigenvalue weighted by Crippen LogP contribution is 2.00. The molecule has 0 aliphatic rings. The van der Waals surface area contributed by atoms with E-state index in [9.17, 15) is 8.78 Å². The maximum atomic E-state index is 11.8. The van der Waals surface area contributed by atoms with E-state index in [-0.39, 0.29) is 6.54 Å². The Hall–Kier alpha value is -0.930. The normalized spacial score (nSPS) is 10.9. The monoisotopic (exact) mass is 159 g/mol. The lowest BCUT2D eigenvalue weighted by atomic mass is 10.3. The minimum absolute atomic E-state index is 0.337. The van der Waals surface area contributed by atoms with Crippen LogP contribution < -0.4 is 0 Å². The van der Waals surface area contributed by atoms with E-state index < -0.39 is 6.43 Å². The van der Waals surface area contributed by atoms with Crippen molar-refractivity contribution in [3.05, 3.63) is 18.0 Å². The van der Waals surface area contributed by atoms with Crippen LogP contribution in [0.15, 0.2) is 6.20 Å². The molecule has 0 aliphatic carbocycles. The molecule has 1 heterocycles. The lowest BCUT2D eigenvalue weighted by Gasteiger charge is -1.97. The van der Waals surface area contributed by atoms with E-state index in [1.54, 1.807) is 6.20 Å². The Labute approximate surface area is 63.8 Å². The highest BCUT2D eigenvalue weighted by molar-refractivity contribution is 5.00. The molecule has 2 nitrogen and oxygen atoms in total. The fourth-order valence-electron chi connectivity index (χ4n) is 0.771. The highest BCUT2D eigenvalue weighted by atomic mass is 19.3. The summed E-state index contributed by atoms with van der Waals surface area (Å²) < 4.78 is 24.7. The molecule has 0 aromatic carbocycles. The minimum Gasteiger partial charge on any atom is -0.266 e. The number of hydrogen-bond donors (Lipinski definition) is 0. The molecular weight excluding hydrogens is 150 g/mol. The van der Waals surface area contributed by atoms with Crippen molar-refractivity contribution in [2.75, 3.05) is 0 Å². The van der Waals surface area contributed by atoms with Gasteiger partial charge in [0.1, 0.15) is 12.7 Å². The summed E-state index contributed by atoms with van der Waals surface area (Å²) in [6.07, 6.45) is 2.67. The molecule has 0 aliphatic heterocycles. The Balaban J connectivity index is 2.58. The Kier molecular flexibility index (Phi) is 2.57. The van der Waals surface area contributed by atoms with Gasteiger partial charge in [-0.25, -0.2) is 8.78 Å². The van der Waals surface area contributed by atoms with E-state index in [1.807, 2.05) is 6.92 Å². The third-order valence-corrected chi connectivity index (χ3v) is 1.33. The third-order valence-electron chi connectivity index (χ3n) is 1.33. The number of halogens is 2. The molecule has 0 bridgehead atoms. The maximum Gasteiger partial charge on any atom is 0.257 e. The topological polar surface area (TPSA) is 17.8 Å². The average molecular weight is 159 g/mol. The van der Waals surface area contributed by atoms with Crippen LogP contribution >= 0.6 is 0 Å². The van der Waals surface area contributed by atoms with Gasteiger partial charge in [-0.1, -0.05) is 6.92 Å². The first-order chi connectivity index (χ1) is 5.22. The van der Waals surface area contributed by atoms with Crippen molar-refractivity contribution in [1.82, 2.24) is 9.78 Å². The number of aryl methyl sites for hydroxylation is 1. The van der Waals surface area contributed by atoms with Gasteiger partial charge in [0, 0.05) is 6.20 Å².